The van der Waals surface area contributed by atoms with E-state index in [0.29, 0.717) is 0 Å². The van der Waals surface area contributed by atoms with Crippen LogP contribution in [0.15, 0.2) is 0 Å². The monoisotopic (exact) mass is 293 g/mol. The highest BCUT2D eigenvalue weighted by atomic mass is 16.7. The zero-order valence-corrected chi connectivity index (χ0v) is 10.3. The molecular weight excluding hydrogens is 278 g/mol. The van der Waals surface area contributed by atoms with Crippen LogP contribution in [0.3, 0.4) is 0 Å². The number of amides is 3. The van der Waals surface area contributed by atoms with E-state index in [0.717, 1.165) is 0 Å². The van der Waals surface area contributed by atoms with E-state index in [2.05, 4.69) is 9.47 Å². The minimum absolute atomic E-state index is 0.0504. The number of carbonyl (C=O) groups excluding carboxylic acids is 3. The number of aliphatic hydroxyl groups excluding tert-OH is 1. The molecule has 11 nitrogen and oxygen atoms in total. The number of nitrogens with two attached hydrogens (primary N) is 3. The molecule has 11 heteroatoms. The fourth-order valence-corrected chi connectivity index (χ4v) is 1.72. The normalized spacial score (nSPS) is 29.2. The first-order valence-electron chi connectivity index (χ1n) is 5.47. The summed E-state index contributed by atoms with van der Waals surface area (Å²) in [7, 11) is 0. The fourth-order valence-electron chi connectivity index (χ4n) is 1.72. The van der Waals surface area contributed by atoms with Crippen molar-refractivity contribution in [2.24, 2.45) is 17.2 Å². The molecule has 0 aromatic carbocycles. The second kappa shape index (κ2) is 6.77. The SMILES string of the molecule is NC(=O)OC[C@@H]1C[C@H](OC(N)=O)[C@@H](OC(N)=O)[C@@H](O)O1. The first-order valence-corrected chi connectivity index (χ1v) is 5.47. The van der Waals surface area contributed by atoms with Crippen molar-refractivity contribution in [3.05, 3.63) is 0 Å². The molecule has 1 saturated heterocycles. The summed E-state index contributed by atoms with van der Waals surface area (Å²) in [5.41, 5.74) is 14.5. The Morgan fingerprint density at radius 1 is 1.10 bits per heavy atom. The number of ether oxygens (including phenoxy) is 4. The van der Waals surface area contributed by atoms with Gasteiger partial charge in [0.25, 0.3) is 0 Å². The second-order valence-electron chi connectivity index (χ2n) is 3.89. The van der Waals surface area contributed by atoms with E-state index in [4.69, 9.17) is 26.7 Å². The van der Waals surface area contributed by atoms with Crippen molar-refractivity contribution in [2.45, 2.75) is 31.0 Å². The molecule has 0 aliphatic carbocycles. The van der Waals surface area contributed by atoms with Crippen LogP contribution in [-0.2, 0) is 18.9 Å². The van der Waals surface area contributed by atoms with Crippen LogP contribution in [-0.4, -0.2) is 54.6 Å². The third-order valence-corrected chi connectivity index (χ3v) is 2.41. The van der Waals surface area contributed by atoms with Gasteiger partial charge in [0.05, 0.1) is 6.10 Å². The van der Waals surface area contributed by atoms with E-state index in [1.165, 1.54) is 0 Å². The van der Waals surface area contributed by atoms with Gasteiger partial charge in [-0.1, -0.05) is 0 Å². The lowest BCUT2D eigenvalue weighted by Gasteiger charge is -2.37. The van der Waals surface area contributed by atoms with Crippen molar-refractivity contribution in [2.75, 3.05) is 6.61 Å². The van der Waals surface area contributed by atoms with Gasteiger partial charge < -0.3 is 41.3 Å². The molecule has 1 rings (SSSR count). The van der Waals surface area contributed by atoms with E-state index < -0.39 is 42.9 Å². The molecule has 20 heavy (non-hydrogen) atoms. The van der Waals surface area contributed by atoms with Gasteiger partial charge in [-0.25, -0.2) is 14.4 Å². The predicted molar refractivity (Wildman–Crippen MR) is 59.9 cm³/mol. The lowest BCUT2D eigenvalue weighted by Crippen LogP contribution is -2.54. The van der Waals surface area contributed by atoms with Crippen molar-refractivity contribution in [1.29, 1.82) is 0 Å². The molecule has 0 bridgehead atoms. The smallest absolute Gasteiger partial charge is 0.405 e. The maximum atomic E-state index is 10.8. The van der Waals surface area contributed by atoms with Crippen molar-refractivity contribution >= 4 is 18.3 Å². The molecule has 0 radical (unpaired) electrons. The first-order chi connectivity index (χ1) is 9.29. The average molecular weight is 293 g/mol. The minimum atomic E-state index is -1.64. The zero-order valence-electron chi connectivity index (χ0n) is 10.3. The molecule has 1 aliphatic heterocycles. The Balaban J connectivity index is 2.71. The van der Waals surface area contributed by atoms with Gasteiger partial charge in [0.1, 0.15) is 12.7 Å². The van der Waals surface area contributed by atoms with Crippen molar-refractivity contribution in [3.8, 4) is 0 Å². The molecule has 0 spiro atoms. The van der Waals surface area contributed by atoms with Gasteiger partial charge in [0.15, 0.2) is 12.4 Å². The van der Waals surface area contributed by atoms with Crippen LogP contribution >= 0.6 is 0 Å². The number of primary amides is 3. The molecule has 1 heterocycles. The summed E-state index contributed by atoms with van der Waals surface area (Å²) in [6, 6.07) is 0. The third-order valence-electron chi connectivity index (χ3n) is 2.41. The molecule has 0 aromatic heterocycles. The maximum absolute atomic E-state index is 10.8. The Morgan fingerprint density at radius 3 is 2.20 bits per heavy atom. The Kier molecular flexibility index (Phi) is 5.34. The number of rotatable bonds is 4. The summed E-state index contributed by atoms with van der Waals surface area (Å²) in [6.45, 7) is -0.283. The number of aliphatic hydroxyl groups is 1. The van der Waals surface area contributed by atoms with Crippen LogP contribution in [0.4, 0.5) is 14.4 Å². The number of carbonyl (C=O) groups is 3. The Labute approximate surface area is 112 Å². The summed E-state index contributed by atoms with van der Waals surface area (Å²) in [4.78, 5) is 32.0. The van der Waals surface area contributed by atoms with Crippen LogP contribution in [0.25, 0.3) is 0 Å². The second-order valence-corrected chi connectivity index (χ2v) is 3.89. The van der Waals surface area contributed by atoms with Gasteiger partial charge in [-0.3, -0.25) is 0 Å². The largest absolute Gasteiger partial charge is 0.447 e. The Hall–Kier alpha value is -2.27. The van der Waals surface area contributed by atoms with E-state index in [1.807, 2.05) is 0 Å². The van der Waals surface area contributed by atoms with Crippen LogP contribution in [0.2, 0.25) is 0 Å². The van der Waals surface area contributed by atoms with Gasteiger partial charge in [0, 0.05) is 6.42 Å². The van der Waals surface area contributed by atoms with Crippen LogP contribution in [0, 0.1) is 0 Å². The predicted octanol–water partition coefficient (Wildman–Crippen LogP) is -1.88. The molecule has 1 aliphatic rings. The molecule has 114 valence electrons. The lowest BCUT2D eigenvalue weighted by atomic mass is 10.0. The highest BCUT2D eigenvalue weighted by molar-refractivity contribution is 5.66. The van der Waals surface area contributed by atoms with Crippen LogP contribution in [0.1, 0.15) is 6.42 Å². The summed E-state index contributed by atoms with van der Waals surface area (Å²) >= 11 is 0. The molecule has 3 amide bonds. The maximum Gasteiger partial charge on any atom is 0.405 e. The average Bonchev–Trinajstić information content (AvgIpc) is 2.29. The van der Waals surface area contributed by atoms with Crippen molar-refractivity contribution in [3.63, 3.8) is 0 Å². The Bertz CT molecular complexity index is 389. The van der Waals surface area contributed by atoms with E-state index >= 15 is 0 Å². The third kappa shape index (κ3) is 4.78. The van der Waals surface area contributed by atoms with Gasteiger partial charge in [-0.15, -0.1) is 0 Å². The zero-order chi connectivity index (χ0) is 15.3. The molecule has 1 fully saturated rings. The van der Waals surface area contributed by atoms with Crippen molar-refractivity contribution in [1.82, 2.24) is 0 Å². The fraction of sp³-hybridized carbons (Fsp3) is 0.667. The molecular formula is C9H15N3O8. The topological polar surface area (TPSA) is 186 Å². The molecule has 0 aromatic rings. The standard InChI is InChI=1S/C9H15N3O8/c10-7(14)17-2-3-1-4(19-8(11)15)5(6(13)18-3)20-9(12)16/h3-6,13H,1-2H2,(H2,10,14)(H2,11,15)(H2,12,16)/t3-,4-,5+,6-/m0/s1. The van der Waals surface area contributed by atoms with Crippen molar-refractivity contribution < 1.29 is 38.4 Å². The van der Waals surface area contributed by atoms with Gasteiger partial charge in [0.2, 0.25) is 0 Å². The molecule has 0 saturated carbocycles. The Morgan fingerprint density at radius 2 is 1.70 bits per heavy atom. The molecule has 7 N–H and O–H groups in total. The van der Waals surface area contributed by atoms with Gasteiger partial charge >= 0.3 is 18.3 Å². The molecule has 0 unspecified atom stereocenters. The summed E-state index contributed by atoms with van der Waals surface area (Å²) in [6.07, 6.45) is -8.33. The number of hydrogen-bond acceptors (Lipinski definition) is 8. The lowest BCUT2D eigenvalue weighted by molar-refractivity contribution is -0.249. The number of hydrogen-bond donors (Lipinski definition) is 4. The highest BCUT2D eigenvalue weighted by Crippen LogP contribution is 2.24. The summed E-state index contributed by atoms with van der Waals surface area (Å²) in [5, 5.41) is 9.68. The van der Waals surface area contributed by atoms with E-state index in [-0.39, 0.29) is 13.0 Å². The molecule has 4 atom stereocenters. The van der Waals surface area contributed by atoms with Crippen LogP contribution < -0.4 is 17.2 Å². The summed E-state index contributed by atoms with van der Waals surface area (Å²) in [5.74, 6) is 0. The highest BCUT2D eigenvalue weighted by Gasteiger charge is 2.42. The van der Waals surface area contributed by atoms with E-state index in [1.54, 1.807) is 0 Å². The van der Waals surface area contributed by atoms with E-state index in [9.17, 15) is 19.5 Å². The van der Waals surface area contributed by atoms with Gasteiger partial charge in [-0.05, 0) is 0 Å². The quantitative estimate of drug-likeness (QED) is 0.433. The summed E-state index contributed by atoms with van der Waals surface area (Å²) < 4.78 is 18.8. The first kappa shape index (κ1) is 15.8. The van der Waals surface area contributed by atoms with Gasteiger partial charge in [-0.2, -0.15) is 0 Å². The minimum Gasteiger partial charge on any atom is -0.447 e. The van der Waals surface area contributed by atoms with Crippen LogP contribution in [0.5, 0.6) is 0 Å².